The number of fused-ring (bicyclic) bond motifs is 1. The van der Waals surface area contributed by atoms with Crippen LogP contribution >= 0.6 is 0 Å². The average molecular weight is 400 g/mol. The van der Waals surface area contributed by atoms with E-state index in [1.165, 1.54) is 24.1 Å². The van der Waals surface area contributed by atoms with Crippen LogP contribution in [0.2, 0.25) is 0 Å². The highest BCUT2D eigenvalue weighted by molar-refractivity contribution is 5.73. The second kappa shape index (κ2) is 8.65. The molecule has 5 nitrogen and oxygen atoms in total. The van der Waals surface area contributed by atoms with Gasteiger partial charge in [0, 0.05) is 57.9 Å². The average Bonchev–Trinajstić information content (AvgIpc) is 2.90. The molecule has 4 rings (SSSR count). The summed E-state index contributed by atoms with van der Waals surface area (Å²) in [5, 5.41) is 11.3. The molecular weight excluding hydrogens is 362 g/mol. The van der Waals surface area contributed by atoms with Gasteiger partial charge in [-0.05, 0) is 62.6 Å². The minimum absolute atomic E-state index is 0.234. The molecule has 3 saturated heterocycles. The molecule has 1 aromatic carbocycles. The summed E-state index contributed by atoms with van der Waals surface area (Å²) in [5.41, 5.74) is 1.97. The van der Waals surface area contributed by atoms with Crippen LogP contribution in [0.4, 0.5) is 5.69 Å². The molecule has 5 heteroatoms. The second-order valence-electron chi connectivity index (χ2n) is 9.61. The summed E-state index contributed by atoms with van der Waals surface area (Å²) in [6.45, 7) is 9.41. The van der Waals surface area contributed by atoms with Gasteiger partial charge in [0.15, 0.2) is 0 Å². The van der Waals surface area contributed by atoms with Gasteiger partial charge in [0.1, 0.15) is 0 Å². The Kier molecular flexibility index (Phi) is 6.16. The predicted molar refractivity (Wildman–Crippen MR) is 117 cm³/mol. The number of piperidine rings is 2. The number of aryl methyl sites for hydroxylation is 1. The molecule has 1 N–H and O–H groups in total. The number of carbonyl (C=O) groups excluding carboxylic acids is 1. The lowest BCUT2D eigenvalue weighted by atomic mass is 9.85. The minimum atomic E-state index is -0.585. The molecule has 1 amide bonds. The van der Waals surface area contributed by atoms with Crippen LogP contribution in [0.3, 0.4) is 0 Å². The van der Waals surface area contributed by atoms with Gasteiger partial charge in [0.05, 0.1) is 5.60 Å². The normalized spacial score (nSPS) is 28.0. The van der Waals surface area contributed by atoms with Crippen molar-refractivity contribution in [2.75, 3.05) is 44.2 Å². The van der Waals surface area contributed by atoms with E-state index in [1.807, 2.05) is 0 Å². The molecule has 0 unspecified atom stereocenters. The van der Waals surface area contributed by atoms with Gasteiger partial charge in [-0.2, -0.15) is 0 Å². The van der Waals surface area contributed by atoms with Crippen LogP contribution in [0.5, 0.6) is 0 Å². The zero-order valence-electron chi connectivity index (χ0n) is 18.1. The van der Waals surface area contributed by atoms with Crippen molar-refractivity contribution < 1.29 is 9.90 Å². The molecule has 0 aromatic heterocycles. The number of nitrogens with zero attached hydrogens (tertiary/aromatic N) is 3. The highest BCUT2D eigenvalue weighted by Gasteiger charge is 2.39. The molecule has 0 saturated carbocycles. The lowest BCUT2D eigenvalue weighted by Crippen LogP contribution is -2.56. The van der Waals surface area contributed by atoms with Crippen molar-refractivity contribution in [2.45, 2.75) is 64.0 Å². The first kappa shape index (κ1) is 20.7. The maximum absolute atomic E-state index is 12.1. The Bertz CT molecular complexity index is 714. The fraction of sp³-hybridized carbons (Fsp3) is 0.708. The minimum Gasteiger partial charge on any atom is -0.388 e. The standard InChI is InChI=1S/C24H37N3O2/c1-19-6-5-8-22(16-19)26-14-10-24(29,11-15-26)18-25-13-9-23-21(17-25)7-3-4-12-27(23)20(2)28/h5-6,8,16,21,23,29H,3-4,7,9-15,17-18H2,1-2H3/t21-,23+/m0/s1. The van der Waals surface area contributed by atoms with Crippen molar-refractivity contribution in [3.05, 3.63) is 29.8 Å². The van der Waals surface area contributed by atoms with E-state index in [0.717, 1.165) is 65.0 Å². The van der Waals surface area contributed by atoms with Crippen molar-refractivity contribution >= 4 is 11.6 Å². The Hall–Kier alpha value is -1.59. The summed E-state index contributed by atoms with van der Waals surface area (Å²) in [4.78, 5) is 19.1. The molecule has 0 radical (unpaired) electrons. The molecule has 0 bridgehead atoms. The van der Waals surface area contributed by atoms with Gasteiger partial charge >= 0.3 is 0 Å². The van der Waals surface area contributed by atoms with Gasteiger partial charge in [-0.15, -0.1) is 0 Å². The van der Waals surface area contributed by atoms with Crippen molar-refractivity contribution in [2.24, 2.45) is 5.92 Å². The number of amides is 1. The van der Waals surface area contributed by atoms with Crippen LogP contribution < -0.4 is 4.90 Å². The van der Waals surface area contributed by atoms with E-state index in [4.69, 9.17) is 0 Å². The Morgan fingerprint density at radius 1 is 1.14 bits per heavy atom. The lowest BCUT2D eigenvalue weighted by molar-refractivity contribution is -0.133. The molecule has 29 heavy (non-hydrogen) atoms. The van der Waals surface area contributed by atoms with Crippen LogP contribution in [-0.2, 0) is 4.79 Å². The number of benzene rings is 1. The van der Waals surface area contributed by atoms with Crippen LogP contribution in [0.1, 0.15) is 51.0 Å². The smallest absolute Gasteiger partial charge is 0.219 e. The van der Waals surface area contributed by atoms with Gasteiger partial charge in [-0.1, -0.05) is 18.6 Å². The van der Waals surface area contributed by atoms with Crippen LogP contribution in [0.25, 0.3) is 0 Å². The van der Waals surface area contributed by atoms with E-state index in [0.29, 0.717) is 12.0 Å². The third-order valence-electron chi connectivity index (χ3n) is 7.39. The summed E-state index contributed by atoms with van der Waals surface area (Å²) < 4.78 is 0. The van der Waals surface area contributed by atoms with E-state index in [2.05, 4.69) is 45.9 Å². The van der Waals surface area contributed by atoms with E-state index in [1.54, 1.807) is 6.92 Å². The predicted octanol–water partition coefficient (Wildman–Crippen LogP) is 3.05. The molecule has 2 atom stereocenters. The fourth-order valence-corrected chi connectivity index (χ4v) is 5.76. The number of β-amino-alcohol motifs (C(OH)–C–C–N with tert-alkyl or cyclic N) is 1. The number of hydrogen-bond acceptors (Lipinski definition) is 4. The first-order valence-corrected chi connectivity index (χ1v) is 11.5. The summed E-state index contributed by atoms with van der Waals surface area (Å²) in [5.74, 6) is 0.795. The van der Waals surface area contributed by atoms with Crippen molar-refractivity contribution in [1.29, 1.82) is 0 Å². The quantitative estimate of drug-likeness (QED) is 0.849. The maximum atomic E-state index is 12.1. The molecule has 160 valence electrons. The van der Waals surface area contributed by atoms with Gasteiger partial charge in [-0.25, -0.2) is 0 Å². The fourth-order valence-electron chi connectivity index (χ4n) is 5.76. The van der Waals surface area contributed by atoms with Gasteiger partial charge < -0.3 is 19.8 Å². The third-order valence-corrected chi connectivity index (χ3v) is 7.39. The zero-order chi connectivity index (χ0) is 20.4. The highest BCUT2D eigenvalue weighted by Crippen LogP contribution is 2.33. The van der Waals surface area contributed by atoms with Gasteiger partial charge in [-0.3, -0.25) is 4.79 Å². The molecular formula is C24H37N3O2. The van der Waals surface area contributed by atoms with Crippen molar-refractivity contribution in [3.63, 3.8) is 0 Å². The number of anilines is 1. The number of carbonyl (C=O) groups is 1. The van der Waals surface area contributed by atoms with Gasteiger partial charge in [0.2, 0.25) is 5.91 Å². The van der Waals surface area contributed by atoms with Crippen molar-refractivity contribution in [3.8, 4) is 0 Å². The van der Waals surface area contributed by atoms with Crippen LogP contribution in [0.15, 0.2) is 24.3 Å². The number of hydrogen-bond donors (Lipinski definition) is 1. The molecule has 1 aromatic rings. The highest BCUT2D eigenvalue weighted by atomic mass is 16.3. The molecule has 0 spiro atoms. The van der Waals surface area contributed by atoms with E-state index in [-0.39, 0.29) is 5.91 Å². The number of likely N-dealkylation sites (tertiary alicyclic amines) is 2. The Morgan fingerprint density at radius 2 is 1.93 bits per heavy atom. The van der Waals surface area contributed by atoms with Gasteiger partial charge in [0.25, 0.3) is 0 Å². The van der Waals surface area contributed by atoms with Crippen LogP contribution in [-0.4, -0.2) is 71.7 Å². The summed E-state index contributed by atoms with van der Waals surface area (Å²) in [6.07, 6.45) is 6.26. The Balaban J connectivity index is 1.33. The molecule has 3 aliphatic heterocycles. The first-order valence-electron chi connectivity index (χ1n) is 11.5. The summed E-state index contributed by atoms with van der Waals surface area (Å²) in [7, 11) is 0. The molecule has 3 fully saturated rings. The van der Waals surface area contributed by atoms with E-state index >= 15 is 0 Å². The second-order valence-corrected chi connectivity index (χ2v) is 9.61. The maximum Gasteiger partial charge on any atom is 0.219 e. The third kappa shape index (κ3) is 4.77. The molecule has 0 aliphatic carbocycles. The lowest BCUT2D eigenvalue weighted by Gasteiger charge is -2.46. The monoisotopic (exact) mass is 399 g/mol. The number of aliphatic hydroxyl groups is 1. The summed E-state index contributed by atoms with van der Waals surface area (Å²) in [6, 6.07) is 9.07. The molecule has 3 aliphatic rings. The Labute approximate surface area is 175 Å². The molecule has 3 heterocycles. The van der Waals surface area contributed by atoms with E-state index < -0.39 is 5.60 Å². The SMILES string of the molecule is CC(=O)N1CCCC[C@H]2CN(CC3(O)CCN(c4cccc(C)c4)CC3)CC[C@H]21. The largest absolute Gasteiger partial charge is 0.388 e. The number of rotatable bonds is 3. The van der Waals surface area contributed by atoms with E-state index in [9.17, 15) is 9.90 Å². The summed E-state index contributed by atoms with van der Waals surface area (Å²) >= 11 is 0. The zero-order valence-corrected chi connectivity index (χ0v) is 18.1. The van der Waals surface area contributed by atoms with Crippen LogP contribution in [0, 0.1) is 12.8 Å². The topological polar surface area (TPSA) is 47.0 Å². The van der Waals surface area contributed by atoms with Crippen molar-refractivity contribution in [1.82, 2.24) is 9.80 Å². The first-order chi connectivity index (χ1) is 13.9. The Morgan fingerprint density at radius 3 is 2.66 bits per heavy atom.